The SMILES string of the molecule is Cc1ccc(NC(=O)C2CC2)cc1Cl. The monoisotopic (exact) mass is 209 g/mol. The lowest BCUT2D eigenvalue weighted by Crippen LogP contribution is -2.13. The molecule has 0 unspecified atom stereocenters. The first-order valence-electron chi connectivity index (χ1n) is 4.74. The van der Waals surface area contributed by atoms with Crippen LogP contribution in [0.1, 0.15) is 18.4 Å². The van der Waals surface area contributed by atoms with Crippen molar-refractivity contribution in [3.63, 3.8) is 0 Å². The summed E-state index contributed by atoms with van der Waals surface area (Å²) in [7, 11) is 0. The molecule has 14 heavy (non-hydrogen) atoms. The first-order chi connectivity index (χ1) is 6.66. The Morgan fingerprint density at radius 2 is 2.21 bits per heavy atom. The zero-order chi connectivity index (χ0) is 10.1. The van der Waals surface area contributed by atoms with E-state index in [0.717, 1.165) is 24.1 Å². The fourth-order valence-electron chi connectivity index (χ4n) is 1.26. The molecule has 1 saturated carbocycles. The van der Waals surface area contributed by atoms with Crippen LogP contribution < -0.4 is 5.32 Å². The maximum absolute atomic E-state index is 11.4. The lowest BCUT2D eigenvalue weighted by molar-refractivity contribution is -0.117. The molecule has 0 saturated heterocycles. The molecular weight excluding hydrogens is 198 g/mol. The Kier molecular flexibility index (Phi) is 2.46. The van der Waals surface area contributed by atoms with Crippen LogP contribution in [0.3, 0.4) is 0 Å². The van der Waals surface area contributed by atoms with Gasteiger partial charge in [-0.25, -0.2) is 0 Å². The molecule has 1 aliphatic rings. The number of carbonyl (C=O) groups excluding carboxylic acids is 1. The number of benzene rings is 1. The third-order valence-electron chi connectivity index (χ3n) is 2.39. The number of nitrogens with one attached hydrogen (secondary N) is 1. The van der Waals surface area contributed by atoms with Crippen molar-refractivity contribution in [3.05, 3.63) is 28.8 Å². The molecule has 1 amide bonds. The Labute approximate surface area is 88.3 Å². The number of hydrogen-bond acceptors (Lipinski definition) is 1. The van der Waals surface area contributed by atoms with Crippen molar-refractivity contribution in [2.45, 2.75) is 19.8 Å². The van der Waals surface area contributed by atoms with E-state index < -0.39 is 0 Å². The van der Waals surface area contributed by atoms with Gasteiger partial charge >= 0.3 is 0 Å². The highest BCUT2D eigenvalue weighted by atomic mass is 35.5. The normalized spacial score (nSPS) is 15.3. The van der Waals surface area contributed by atoms with E-state index in [1.807, 2.05) is 19.1 Å². The maximum Gasteiger partial charge on any atom is 0.227 e. The fourth-order valence-corrected chi connectivity index (χ4v) is 1.44. The highest BCUT2D eigenvalue weighted by molar-refractivity contribution is 6.31. The zero-order valence-corrected chi connectivity index (χ0v) is 8.77. The summed E-state index contributed by atoms with van der Waals surface area (Å²) < 4.78 is 0. The minimum absolute atomic E-state index is 0.116. The van der Waals surface area contributed by atoms with E-state index in [4.69, 9.17) is 11.6 Å². The Balaban J connectivity index is 2.08. The van der Waals surface area contributed by atoms with Crippen LogP contribution in [-0.4, -0.2) is 5.91 Å². The molecule has 0 heterocycles. The quantitative estimate of drug-likeness (QED) is 0.797. The summed E-state index contributed by atoms with van der Waals surface area (Å²) in [5, 5.41) is 3.54. The minimum atomic E-state index is 0.116. The second-order valence-electron chi connectivity index (χ2n) is 3.73. The van der Waals surface area contributed by atoms with Gasteiger partial charge in [-0.05, 0) is 37.5 Å². The van der Waals surface area contributed by atoms with Crippen molar-refractivity contribution >= 4 is 23.2 Å². The van der Waals surface area contributed by atoms with E-state index in [0.29, 0.717) is 5.02 Å². The summed E-state index contributed by atoms with van der Waals surface area (Å²) in [6.45, 7) is 1.94. The molecule has 2 rings (SSSR count). The van der Waals surface area contributed by atoms with Crippen molar-refractivity contribution in [2.75, 3.05) is 5.32 Å². The van der Waals surface area contributed by atoms with Gasteiger partial charge in [-0.1, -0.05) is 17.7 Å². The smallest absolute Gasteiger partial charge is 0.227 e. The van der Waals surface area contributed by atoms with Crippen LogP contribution in [-0.2, 0) is 4.79 Å². The van der Waals surface area contributed by atoms with E-state index in [2.05, 4.69) is 5.32 Å². The van der Waals surface area contributed by atoms with Gasteiger partial charge in [0.25, 0.3) is 0 Å². The molecular formula is C11H12ClNO. The van der Waals surface area contributed by atoms with Crippen LogP contribution in [0.2, 0.25) is 5.02 Å². The van der Waals surface area contributed by atoms with Crippen molar-refractivity contribution < 1.29 is 4.79 Å². The van der Waals surface area contributed by atoms with Crippen LogP contribution >= 0.6 is 11.6 Å². The number of rotatable bonds is 2. The lowest BCUT2D eigenvalue weighted by atomic mass is 10.2. The summed E-state index contributed by atoms with van der Waals surface area (Å²) in [6.07, 6.45) is 2.04. The van der Waals surface area contributed by atoms with E-state index >= 15 is 0 Å². The predicted molar refractivity (Wildman–Crippen MR) is 57.5 cm³/mol. The average molecular weight is 210 g/mol. The molecule has 0 atom stereocenters. The lowest BCUT2D eigenvalue weighted by Gasteiger charge is -2.05. The number of anilines is 1. The van der Waals surface area contributed by atoms with Gasteiger partial charge in [-0.3, -0.25) is 4.79 Å². The van der Waals surface area contributed by atoms with Crippen molar-refractivity contribution in [1.82, 2.24) is 0 Å². The summed E-state index contributed by atoms with van der Waals surface area (Å²) in [5.74, 6) is 0.347. The molecule has 1 aromatic rings. The van der Waals surface area contributed by atoms with Gasteiger partial charge in [0.05, 0.1) is 0 Å². The van der Waals surface area contributed by atoms with Gasteiger partial charge in [-0.15, -0.1) is 0 Å². The van der Waals surface area contributed by atoms with Crippen LogP contribution in [0.5, 0.6) is 0 Å². The maximum atomic E-state index is 11.4. The Bertz CT molecular complexity index is 372. The van der Waals surface area contributed by atoms with Gasteiger partial charge in [0.15, 0.2) is 0 Å². The summed E-state index contributed by atoms with van der Waals surface area (Å²) in [5.41, 5.74) is 1.81. The first-order valence-corrected chi connectivity index (χ1v) is 5.11. The van der Waals surface area contributed by atoms with Crippen molar-refractivity contribution in [3.8, 4) is 0 Å². The second kappa shape index (κ2) is 3.62. The van der Waals surface area contributed by atoms with Gasteiger partial charge in [0, 0.05) is 16.6 Å². The Morgan fingerprint density at radius 1 is 1.50 bits per heavy atom. The van der Waals surface area contributed by atoms with Crippen LogP contribution in [0.4, 0.5) is 5.69 Å². The summed E-state index contributed by atoms with van der Waals surface area (Å²) in [4.78, 5) is 11.4. The van der Waals surface area contributed by atoms with E-state index in [-0.39, 0.29) is 11.8 Å². The van der Waals surface area contributed by atoms with Crippen LogP contribution in [0, 0.1) is 12.8 Å². The molecule has 3 heteroatoms. The van der Waals surface area contributed by atoms with Crippen molar-refractivity contribution in [1.29, 1.82) is 0 Å². The number of amides is 1. The Hall–Kier alpha value is -1.02. The van der Waals surface area contributed by atoms with Crippen LogP contribution in [0.15, 0.2) is 18.2 Å². The molecule has 1 aliphatic carbocycles. The topological polar surface area (TPSA) is 29.1 Å². The molecule has 2 nitrogen and oxygen atoms in total. The Morgan fingerprint density at radius 3 is 2.79 bits per heavy atom. The minimum Gasteiger partial charge on any atom is -0.326 e. The number of hydrogen-bond donors (Lipinski definition) is 1. The van der Waals surface area contributed by atoms with Crippen molar-refractivity contribution in [2.24, 2.45) is 5.92 Å². The third-order valence-corrected chi connectivity index (χ3v) is 2.79. The van der Waals surface area contributed by atoms with Gasteiger partial charge < -0.3 is 5.32 Å². The standard InChI is InChI=1S/C11H12ClNO/c1-7-2-5-9(6-10(7)12)13-11(14)8-3-4-8/h2,5-6,8H,3-4H2,1H3,(H,13,14). The number of aryl methyl sites for hydroxylation is 1. The van der Waals surface area contributed by atoms with E-state index in [9.17, 15) is 4.79 Å². The third kappa shape index (κ3) is 2.07. The number of carbonyl (C=O) groups is 1. The fraction of sp³-hybridized carbons (Fsp3) is 0.364. The molecule has 0 aromatic heterocycles. The number of halogens is 1. The molecule has 0 spiro atoms. The molecule has 1 aromatic carbocycles. The average Bonchev–Trinajstić information content (AvgIpc) is 2.94. The molecule has 0 radical (unpaired) electrons. The van der Waals surface area contributed by atoms with Gasteiger partial charge in [0.2, 0.25) is 5.91 Å². The van der Waals surface area contributed by atoms with E-state index in [1.54, 1.807) is 6.07 Å². The van der Waals surface area contributed by atoms with Crippen LogP contribution in [0.25, 0.3) is 0 Å². The predicted octanol–water partition coefficient (Wildman–Crippen LogP) is 3.00. The van der Waals surface area contributed by atoms with Gasteiger partial charge in [0.1, 0.15) is 0 Å². The molecule has 1 N–H and O–H groups in total. The largest absolute Gasteiger partial charge is 0.326 e. The zero-order valence-electron chi connectivity index (χ0n) is 8.01. The molecule has 0 bridgehead atoms. The second-order valence-corrected chi connectivity index (χ2v) is 4.13. The summed E-state index contributed by atoms with van der Waals surface area (Å²) in [6, 6.07) is 5.57. The summed E-state index contributed by atoms with van der Waals surface area (Å²) >= 11 is 5.94. The molecule has 74 valence electrons. The highest BCUT2D eigenvalue weighted by Crippen LogP contribution is 2.30. The van der Waals surface area contributed by atoms with E-state index in [1.165, 1.54) is 0 Å². The molecule has 0 aliphatic heterocycles. The molecule has 1 fully saturated rings. The highest BCUT2D eigenvalue weighted by Gasteiger charge is 2.29. The first kappa shape index (κ1) is 9.53. The van der Waals surface area contributed by atoms with Gasteiger partial charge in [-0.2, -0.15) is 0 Å².